The zero-order valence-electron chi connectivity index (χ0n) is 15.2. The first-order chi connectivity index (χ1) is 12.6. The van der Waals surface area contributed by atoms with Crippen molar-refractivity contribution in [3.63, 3.8) is 0 Å². The van der Waals surface area contributed by atoms with Gasteiger partial charge in [-0.1, -0.05) is 12.1 Å². The van der Waals surface area contributed by atoms with Gasteiger partial charge >= 0.3 is 0 Å². The van der Waals surface area contributed by atoms with Gasteiger partial charge in [-0.05, 0) is 58.6 Å². The van der Waals surface area contributed by atoms with Crippen molar-refractivity contribution in [3.8, 4) is 5.75 Å². The summed E-state index contributed by atoms with van der Waals surface area (Å²) in [6.45, 7) is 5.21. The molecule has 0 atom stereocenters. The summed E-state index contributed by atoms with van der Waals surface area (Å²) in [5, 5.41) is 0. The predicted octanol–water partition coefficient (Wildman–Crippen LogP) is 3.44. The van der Waals surface area contributed by atoms with E-state index in [1.165, 1.54) is 0 Å². The van der Waals surface area contributed by atoms with Crippen molar-refractivity contribution in [1.82, 2.24) is 9.88 Å². The topological polar surface area (TPSA) is 45.7 Å². The number of halogens is 1. The van der Waals surface area contributed by atoms with Crippen LogP contribution in [0.2, 0.25) is 0 Å². The molecule has 0 saturated carbocycles. The van der Waals surface area contributed by atoms with E-state index in [0.717, 1.165) is 59.8 Å². The number of nitrogens with zero attached hydrogens (tertiary/aromatic N) is 3. The standard InChI is InChI=1S/C20H24BrN3O2/c1-15-13-17(21)14-22-20(15)24-11-9-23(10-12-24)19(25)8-5-16-3-6-18(26-2)7-4-16/h3-4,6-7,13-14H,5,8-12H2,1-2H3. The predicted molar refractivity (Wildman–Crippen MR) is 107 cm³/mol. The Kier molecular flexibility index (Phi) is 6.14. The van der Waals surface area contributed by atoms with Crippen LogP contribution in [0.3, 0.4) is 0 Å². The molecule has 1 amide bonds. The molecule has 1 aliphatic rings. The van der Waals surface area contributed by atoms with E-state index >= 15 is 0 Å². The van der Waals surface area contributed by atoms with Crippen LogP contribution in [0.15, 0.2) is 41.0 Å². The average Bonchev–Trinajstić information content (AvgIpc) is 2.67. The van der Waals surface area contributed by atoms with Gasteiger partial charge in [0.15, 0.2) is 0 Å². The molecule has 1 aliphatic heterocycles. The highest BCUT2D eigenvalue weighted by Crippen LogP contribution is 2.22. The molecule has 6 heteroatoms. The van der Waals surface area contributed by atoms with Crippen molar-refractivity contribution < 1.29 is 9.53 Å². The number of hydrogen-bond donors (Lipinski definition) is 0. The van der Waals surface area contributed by atoms with E-state index in [1.807, 2.05) is 35.4 Å². The van der Waals surface area contributed by atoms with Crippen LogP contribution in [0.4, 0.5) is 5.82 Å². The normalized spacial score (nSPS) is 14.4. The van der Waals surface area contributed by atoms with Gasteiger partial charge in [0, 0.05) is 43.3 Å². The van der Waals surface area contributed by atoms with Gasteiger partial charge in [0.1, 0.15) is 11.6 Å². The quantitative estimate of drug-likeness (QED) is 0.747. The van der Waals surface area contributed by atoms with E-state index in [2.05, 4.69) is 38.8 Å². The number of anilines is 1. The van der Waals surface area contributed by atoms with Gasteiger partial charge in [-0.25, -0.2) is 4.98 Å². The number of aryl methyl sites for hydroxylation is 2. The number of benzene rings is 1. The summed E-state index contributed by atoms with van der Waals surface area (Å²) in [6.07, 6.45) is 3.13. The van der Waals surface area contributed by atoms with Gasteiger partial charge in [-0.2, -0.15) is 0 Å². The van der Waals surface area contributed by atoms with E-state index in [9.17, 15) is 4.79 Å². The molecule has 2 heterocycles. The summed E-state index contributed by atoms with van der Waals surface area (Å²) < 4.78 is 6.16. The highest BCUT2D eigenvalue weighted by molar-refractivity contribution is 9.10. The Hall–Kier alpha value is -2.08. The maximum absolute atomic E-state index is 12.5. The first-order valence-electron chi connectivity index (χ1n) is 8.84. The highest BCUT2D eigenvalue weighted by atomic mass is 79.9. The lowest BCUT2D eigenvalue weighted by atomic mass is 10.1. The molecule has 0 N–H and O–H groups in total. The molecule has 0 bridgehead atoms. The lowest BCUT2D eigenvalue weighted by Crippen LogP contribution is -2.49. The van der Waals surface area contributed by atoms with Gasteiger partial charge in [0.05, 0.1) is 7.11 Å². The number of amides is 1. The summed E-state index contributed by atoms with van der Waals surface area (Å²) in [5.74, 6) is 2.08. The van der Waals surface area contributed by atoms with Gasteiger partial charge in [0.2, 0.25) is 5.91 Å². The number of hydrogen-bond acceptors (Lipinski definition) is 4. The summed E-state index contributed by atoms with van der Waals surface area (Å²) in [7, 11) is 1.66. The minimum Gasteiger partial charge on any atom is -0.497 e. The fourth-order valence-electron chi connectivity index (χ4n) is 3.23. The Labute approximate surface area is 163 Å². The summed E-state index contributed by atoms with van der Waals surface area (Å²) >= 11 is 3.45. The van der Waals surface area contributed by atoms with Crippen LogP contribution in [0.1, 0.15) is 17.5 Å². The molecule has 0 radical (unpaired) electrons. The molecule has 138 valence electrons. The number of carbonyl (C=O) groups excluding carboxylic acids is 1. The van der Waals surface area contributed by atoms with Crippen molar-refractivity contribution in [2.75, 3.05) is 38.2 Å². The third-order valence-corrected chi connectivity index (χ3v) is 5.17. The second kappa shape index (κ2) is 8.54. The van der Waals surface area contributed by atoms with Gasteiger partial charge in [-0.3, -0.25) is 4.79 Å². The van der Waals surface area contributed by atoms with Crippen molar-refractivity contribution in [2.45, 2.75) is 19.8 Å². The SMILES string of the molecule is COc1ccc(CCC(=O)N2CCN(c3ncc(Br)cc3C)CC2)cc1. The van der Waals surface area contributed by atoms with Crippen LogP contribution in [-0.2, 0) is 11.2 Å². The molecule has 3 rings (SSSR count). The maximum Gasteiger partial charge on any atom is 0.223 e. The lowest BCUT2D eigenvalue weighted by molar-refractivity contribution is -0.131. The largest absolute Gasteiger partial charge is 0.497 e. The highest BCUT2D eigenvalue weighted by Gasteiger charge is 2.22. The van der Waals surface area contributed by atoms with Crippen molar-refractivity contribution in [2.24, 2.45) is 0 Å². The number of rotatable bonds is 5. The van der Waals surface area contributed by atoms with E-state index < -0.39 is 0 Å². The minimum absolute atomic E-state index is 0.223. The number of piperazine rings is 1. The van der Waals surface area contributed by atoms with Crippen LogP contribution in [0.25, 0.3) is 0 Å². The fourth-order valence-corrected chi connectivity index (χ4v) is 3.68. The molecule has 0 spiro atoms. The smallest absolute Gasteiger partial charge is 0.223 e. The van der Waals surface area contributed by atoms with Crippen LogP contribution >= 0.6 is 15.9 Å². The molecular formula is C20H24BrN3O2. The summed E-state index contributed by atoms with van der Waals surface area (Å²) in [4.78, 5) is 21.3. The minimum atomic E-state index is 0.223. The number of aromatic nitrogens is 1. The van der Waals surface area contributed by atoms with Crippen LogP contribution < -0.4 is 9.64 Å². The third-order valence-electron chi connectivity index (χ3n) is 4.74. The second-order valence-corrected chi connectivity index (χ2v) is 7.43. The monoisotopic (exact) mass is 417 g/mol. The number of carbonyl (C=O) groups is 1. The zero-order chi connectivity index (χ0) is 18.5. The molecule has 1 fully saturated rings. The molecule has 1 aromatic heterocycles. The van der Waals surface area contributed by atoms with Gasteiger partial charge in [-0.15, -0.1) is 0 Å². The molecule has 0 unspecified atom stereocenters. The van der Waals surface area contributed by atoms with Crippen LogP contribution in [-0.4, -0.2) is 49.1 Å². The third kappa shape index (κ3) is 4.55. The van der Waals surface area contributed by atoms with Crippen LogP contribution in [0.5, 0.6) is 5.75 Å². The molecule has 1 saturated heterocycles. The molecular weight excluding hydrogens is 394 g/mol. The Morgan fingerprint density at radius 2 is 1.88 bits per heavy atom. The average molecular weight is 418 g/mol. The van der Waals surface area contributed by atoms with Gasteiger partial charge in [0.25, 0.3) is 0 Å². The molecule has 0 aliphatic carbocycles. The Morgan fingerprint density at radius 3 is 2.50 bits per heavy atom. The Morgan fingerprint density at radius 1 is 1.19 bits per heavy atom. The Balaban J connectivity index is 1.50. The lowest BCUT2D eigenvalue weighted by Gasteiger charge is -2.36. The molecule has 5 nitrogen and oxygen atoms in total. The number of pyridine rings is 1. The van der Waals surface area contributed by atoms with E-state index in [1.54, 1.807) is 7.11 Å². The van der Waals surface area contributed by atoms with Crippen LogP contribution in [0, 0.1) is 6.92 Å². The molecule has 2 aromatic rings. The van der Waals surface area contributed by atoms with Gasteiger partial charge < -0.3 is 14.5 Å². The maximum atomic E-state index is 12.5. The second-order valence-electron chi connectivity index (χ2n) is 6.51. The molecule has 26 heavy (non-hydrogen) atoms. The van der Waals surface area contributed by atoms with E-state index in [4.69, 9.17) is 4.74 Å². The first-order valence-corrected chi connectivity index (χ1v) is 9.64. The number of methoxy groups -OCH3 is 1. The molecule has 1 aromatic carbocycles. The fraction of sp³-hybridized carbons (Fsp3) is 0.400. The summed E-state index contributed by atoms with van der Waals surface area (Å²) in [5.41, 5.74) is 2.31. The van der Waals surface area contributed by atoms with Crippen molar-refractivity contribution in [3.05, 3.63) is 52.1 Å². The summed E-state index contributed by atoms with van der Waals surface area (Å²) in [6, 6.07) is 9.99. The van der Waals surface area contributed by atoms with Crippen molar-refractivity contribution >= 4 is 27.7 Å². The Bertz CT molecular complexity index is 756. The van der Waals surface area contributed by atoms with E-state index in [-0.39, 0.29) is 5.91 Å². The van der Waals surface area contributed by atoms with Crippen molar-refractivity contribution in [1.29, 1.82) is 0 Å². The number of ether oxygens (including phenoxy) is 1. The first kappa shape index (κ1) is 18.7. The van der Waals surface area contributed by atoms with E-state index in [0.29, 0.717) is 6.42 Å². The zero-order valence-corrected chi connectivity index (χ0v) is 16.8.